The summed E-state index contributed by atoms with van der Waals surface area (Å²) < 4.78 is 26.6. The van der Waals surface area contributed by atoms with Gasteiger partial charge in [0.25, 0.3) is 0 Å². The van der Waals surface area contributed by atoms with Crippen molar-refractivity contribution < 1.29 is 13.9 Å². The predicted molar refractivity (Wildman–Crippen MR) is 124 cm³/mol. The molecule has 0 atom stereocenters. The molecular weight excluding hydrogens is 433 g/mol. The standard InChI is InChI=1S/C23H25ClFN5O2/c1-30-19(12-23(27)29-30)10-18(11-22(24)26)28-21-8-5-17(25)9-16(21)14-32-13-15-3-6-20(31-2)7-4-15/h3-9,11-12,26,28H,10,13-14H2,1-2H3,(H2,27,29). The number of ether oxygens (including phenoxy) is 2. The fourth-order valence-electron chi connectivity index (χ4n) is 3.15. The molecule has 7 nitrogen and oxygen atoms in total. The normalized spacial score (nSPS) is 11.4. The zero-order valence-electron chi connectivity index (χ0n) is 17.9. The monoisotopic (exact) mass is 457 g/mol. The van der Waals surface area contributed by atoms with Gasteiger partial charge in [0, 0.05) is 42.2 Å². The highest BCUT2D eigenvalue weighted by Gasteiger charge is 2.11. The maximum absolute atomic E-state index is 13.9. The molecule has 0 aliphatic rings. The predicted octanol–water partition coefficient (Wildman–Crippen LogP) is 4.62. The summed E-state index contributed by atoms with van der Waals surface area (Å²) >= 11 is 5.81. The molecule has 9 heteroatoms. The molecule has 0 radical (unpaired) electrons. The molecule has 0 amide bonds. The Balaban J connectivity index is 1.74. The lowest BCUT2D eigenvalue weighted by Crippen LogP contribution is -2.10. The minimum atomic E-state index is -0.367. The molecule has 0 aliphatic carbocycles. The second kappa shape index (κ2) is 10.8. The fraction of sp³-hybridized carbons (Fsp3) is 0.217. The van der Waals surface area contributed by atoms with Gasteiger partial charge in [0.05, 0.1) is 20.3 Å². The summed E-state index contributed by atoms with van der Waals surface area (Å²) in [6, 6.07) is 13.7. The Morgan fingerprint density at radius 2 is 1.97 bits per heavy atom. The largest absolute Gasteiger partial charge is 0.497 e. The first-order chi connectivity index (χ1) is 15.3. The van der Waals surface area contributed by atoms with Crippen LogP contribution in [0.4, 0.5) is 15.9 Å². The number of halogens is 2. The molecule has 1 heterocycles. The van der Waals surface area contributed by atoms with E-state index >= 15 is 0 Å². The van der Waals surface area contributed by atoms with Crippen molar-refractivity contribution in [2.75, 3.05) is 18.2 Å². The molecule has 4 N–H and O–H groups in total. The van der Waals surface area contributed by atoms with E-state index in [4.69, 9.17) is 32.2 Å². The molecule has 2 aromatic carbocycles. The van der Waals surface area contributed by atoms with E-state index in [1.807, 2.05) is 24.3 Å². The number of nitrogens with two attached hydrogens (primary N) is 1. The summed E-state index contributed by atoms with van der Waals surface area (Å²) in [5.74, 6) is 0.801. The Labute approximate surface area is 191 Å². The molecule has 3 rings (SSSR count). The van der Waals surface area contributed by atoms with Crippen LogP contribution in [0.2, 0.25) is 0 Å². The highest BCUT2D eigenvalue weighted by molar-refractivity contribution is 6.67. The molecule has 1 aromatic heterocycles. The molecular formula is C23H25ClFN5O2. The van der Waals surface area contributed by atoms with Gasteiger partial charge in [-0.2, -0.15) is 5.10 Å². The van der Waals surface area contributed by atoms with Gasteiger partial charge in [-0.1, -0.05) is 23.7 Å². The van der Waals surface area contributed by atoms with E-state index in [2.05, 4.69) is 10.4 Å². The number of aryl methyl sites for hydroxylation is 1. The van der Waals surface area contributed by atoms with Crippen LogP contribution >= 0.6 is 11.6 Å². The fourth-order valence-corrected chi connectivity index (χ4v) is 3.28. The van der Waals surface area contributed by atoms with Crippen molar-refractivity contribution in [1.29, 1.82) is 5.41 Å². The highest BCUT2D eigenvalue weighted by atomic mass is 35.5. The van der Waals surface area contributed by atoms with Gasteiger partial charge in [-0.3, -0.25) is 10.1 Å². The van der Waals surface area contributed by atoms with Gasteiger partial charge >= 0.3 is 0 Å². The van der Waals surface area contributed by atoms with Gasteiger partial charge < -0.3 is 20.5 Å². The quantitative estimate of drug-likeness (QED) is 0.386. The van der Waals surface area contributed by atoms with Crippen LogP contribution in [-0.4, -0.2) is 22.1 Å². The van der Waals surface area contributed by atoms with Gasteiger partial charge in [0.2, 0.25) is 0 Å². The third-order valence-electron chi connectivity index (χ3n) is 4.72. The summed E-state index contributed by atoms with van der Waals surface area (Å²) in [6.45, 7) is 0.555. The van der Waals surface area contributed by atoms with Crippen LogP contribution in [0.3, 0.4) is 0 Å². The molecule has 0 spiro atoms. The van der Waals surface area contributed by atoms with Crippen LogP contribution in [0.1, 0.15) is 16.8 Å². The first-order valence-electron chi connectivity index (χ1n) is 9.83. The average molecular weight is 458 g/mol. The lowest BCUT2D eigenvalue weighted by atomic mass is 10.1. The highest BCUT2D eigenvalue weighted by Crippen LogP contribution is 2.23. The van der Waals surface area contributed by atoms with Crippen LogP contribution in [0, 0.1) is 11.2 Å². The number of allylic oxidation sites excluding steroid dienone is 2. The molecule has 0 unspecified atom stereocenters. The van der Waals surface area contributed by atoms with E-state index in [0.29, 0.717) is 35.8 Å². The first kappa shape index (κ1) is 23.3. The zero-order chi connectivity index (χ0) is 23.1. The molecule has 0 bridgehead atoms. The summed E-state index contributed by atoms with van der Waals surface area (Å²) in [7, 11) is 3.40. The molecule has 0 fully saturated rings. The topological polar surface area (TPSA) is 98.2 Å². The van der Waals surface area contributed by atoms with E-state index in [9.17, 15) is 4.39 Å². The van der Waals surface area contributed by atoms with Crippen LogP contribution in [0.25, 0.3) is 0 Å². The summed E-state index contributed by atoms with van der Waals surface area (Å²) in [4.78, 5) is 0. The molecule has 32 heavy (non-hydrogen) atoms. The van der Waals surface area contributed by atoms with Crippen LogP contribution in [-0.2, 0) is 31.4 Å². The Kier molecular flexibility index (Phi) is 7.86. The number of benzene rings is 2. The van der Waals surface area contributed by atoms with Gasteiger partial charge in [0.15, 0.2) is 0 Å². The number of nitrogens with zero attached hydrogens (tertiary/aromatic N) is 2. The van der Waals surface area contributed by atoms with Crippen molar-refractivity contribution in [3.63, 3.8) is 0 Å². The van der Waals surface area contributed by atoms with E-state index in [0.717, 1.165) is 17.0 Å². The Bertz CT molecular complexity index is 1110. The Hall–Kier alpha value is -3.36. The zero-order valence-corrected chi connectivity index (χ0v) is 18.6. The van der Waals surface area contributed by atoms with Crippen molar-refractivity contribution in [1.82, 2.24) is 9.78 Å². The van der Waals surface area contributed by atoms with Crippen LogP contribution in [0.15, 0.2) is 60.3 Å². The van der Waals surface area contributed by atoms with Gasteiger partial charge in [-0.25, -0.2) is 4.39 Å². The van der Waals surface area contributed by atoms with Crippen molar-refractivity contribution in [3.8, 4) is 5.75 Å². The lowest BCUT2D eigenvalue weighted by Gasteiger charge is -2.16. The number of methoxy groups -OCH3 is 1. The smallest absolute Gasteiger partial charge is 0.145 e. The number of aromatic nitrogens is 2. The number of anilines is 2. The van der Waals surface area contributed by atoms with Crippen molar-refractivity contribution in [3.05, 3.63) is 82.9 Å². The van der Waals surface area contributed by atoms with Crippen molar-refractivity contribution in [2.45, 2.75) is 19.6 Å². The third kappa shape index (κ3) is 6.57. The van der Waals surface area contributed by atoms with E-state index in [1.165, 1.54) is 18.2 Å². The summed E-state index contributed by atoms with van der Waals surface area (Å²) in [6.07, 6.45) is 1.90. The SMILES string of the molecule is COc1ccc(COCc2cc(F)ccc2NC(=CC(=N)Cl)Cc2cc(N)nn2C)cc1. The maximum atomic E-state index is 13.9. The molecule has 0 saturated heterocycles. The third-order valence-corrected chi connectivity index (χ3v) is 4.83. The Morgan fingerprint density at radius 3 is 2.59 bits per heavy atom. The van der Waals surface area contributed by atoms with Gasteiger partial charge in [-0.15, -0.1) is 0 Å². The van der Waals surface area contributed by atoms with Crippen LogP contribution in [0.5, 0.6) is 5.75 Å². The molecule has 3 aromatic rings. The Morgan fingerprint density at radius 1 is 1.22 bits per heavy atom. The first-order valence-corrected chi connectivity index (χ1v) is 10.2. The van der Waals surface area contributed by atoms with E-state index in [1.54, 1.807) is 31.0 Å². The minimum Gasteiger partial charge on any atom is -0.497 e. The second-order valence-electron chi connectivity index (χ2n) is 7.15. The van der Waals surface area contributed by atoms with Gasteiger partial charge in [-0.05, 0) is 42.0 Å². The number of nitrogen functional groups attached to an aromatic ring is 1. The number of nitrogens with one attached hydrogen (secondary N) is 2. The molecule has 0 saturated carbocycles. The second-order valence-corrected chi connectivity index (χ2v) is 7.55. The van der Waals surface area contributed by atoms with Gasteiger partial charge in [0.1, 0.15) is 22.6 Å². The maximum Gasteiger partial charge on any atom is 0.145 e. The molecule has 0 aliphatic heterocycles. The molecule has 168 valence electrons. The van der Waals surface area contributed by atoms with Crippen molar-refractivity contribution in [2.24, 2.45) is 7.05 Å². The number of hydrogen-bond acceptors (Lipinski definition) is 6. The minimum absolute atomic E-state index is 0.137. The summed E-state index contributed by atoms with van der Waals surface area (Å²) in [5, 5.41) is 14.9. The van der Waals surface area contributed by atoms with E-state index < -0.39 is 0 Å². The average Bonchev–Trinajstić information content (AvgIpc) is 3.06. The summed E-state index contributed by atoms with van der Waals surface area (Å²) in [5.41, 5.74) is 9.49. The number of hydrogen-bond donors (Lipinski definition) is 3. The van der Waals surface area contributed by atoms with Crippen LogP contribution < -0.4 is 15.8 Å². The van der Waals surface area contributed by atoms with E-state index in [-0.39, 0.29) is 17.6 Å². The lowest BCUT2D eigenvalue weighted by molar-refractivity contribution is 0.107. The van der Waals surface area contributed by atoms with Crippen molar-refractivity contribution >= 4 is 28.3 Å². The number of rotatable bonds is 10.